The number of rotatable bonds is 6. The van der Waals surface area contributed by atoms with Crippen LogP contribution < -0.4 is 5.32 Å². The highest BCUT2D eigenvalue weighted by Crippen LogP contribution is 2.32. The minimum Gasteiger partial charge on any atom is -0.379 e. The first kappa shape index (κ1) is 15.5. The summed E-state index contributed by atoms with van der Waals surface area (Å²) in [5.41, 5.74) is -0.265. The molecule has 2 aliphatic heterocycles. The van der Waals surface area contributed by atoms with Crippen LogP contribution >= 0.6 is 11.8 Å². The molecule has 2 fully saturated rings. The maximum atomic E-state index is 12.6. The predicted octanol–water partition coefficient (Wildman–Crippen LogP) is 0.842. The molecule has 1 aliphatic carbocycles. The number of aryl methyl sites for hydroxylation is 1. The van der Waals surface area contributed by atoms with Gasteiger partial charge in [0.25, 0.3) is 5.91 Å². The monoisotopic (exact) mass is 336 g/mol. The van der Waals surface area contributed by atoms with E-state index in [1.165, 1.54) is 12.8 Å². The highest BCUT2D eigenvalue weighted by molar-refractivity contribution is 7.99. The van der Waals surface area contributed by atoms with Crippen molar-refractivity contribution < 1.29 is 9.90 Å². The maximum absolute atomic E-state index is 12.6. The number of nitrogens with zero attached hydrogens (tertiary/aromatic N) is 3. The van der Waals surface area contributed by atoms with Crippen LogP contribution in [-0.2, 0) is 17.9 Å². The lowest BCUT2D eigenvalue weighted by Crippen LogP contribution is -2.58. The number of carbonyl (C=O) groups is 1. The van der Waals surface area contributed by atoms with Gasteiger partial charge < -0.3 is 19.9 Å². The Morgan fingerprint density at radius 2 is 2.30 bits per heavy atom. The molecule has 1 amide bonds. The van der Waals surface area contributed by atoms with Gasteiger partial charge in [-0.05, 0) is 31.6 Å². The third kappa shape index (κ3) is 3.27. The number of carbonyl (C=O) groups excluding carboxylic acids is 1. The van der Waals surface area contributed by atoms with E-state index < -0.39 is 5.60 Å². The molecule has 0 unspecified atom stereocenters. The molecular formula is C16H24N4O2S. The summed E-state index contributed by atoms with van der Waals surface area (Å²) in [5.74, 6) is 1.67. The molecule has 1 atom stereocenters. The molecule has 7 heteroatoms. The van der Waals surface area contributed by atoms with Crippen LogP contribution in [0.2, 0.25) is 0 Å². The van der Waals surface area contributed by atoms with Crippen molar-refractivity contribution in [2.45, 2.75) is 49.5 Å². The van der Waals surface area contributed by atoms with Gasteiger partial charge in [-0.25, -0.2) is 4.98 Å². The molecular weight excluding hydrogens is 312 g/mol. The Labute approximate surface area is 140 Å². The molecule has 0 bridgehead atoms. The van der Waals surface area contributed by atoms with Crippen molar-refractivity contribution in [2.75, 3.05) is 25.4 Å². The molecule has 1 saturated carbocycles. The largest absolute Gasteiger partial charge is 0.379 e. The van der Waals surface area contributed by atoms with Crippen molar-refractivity contribution in [3.05, 3.63) is 11.9 Å². The van der Waals surface area contributed by atoms with Crippen molar-refractivity contribution in [3.8, 4) is 0 Å². The van der Waals surface area contributed by atoms with E-state index in [0.29, 0.717) is 25.4 Å². The average molecular weight is 336 g/mol. The summed E-state index contributed by atoms with van der Waals surface area (Å²) < 4.78 is 2.17. The number of aliphatic hydroxyl groups is 1. The number of aromatic nitrogens is 2. The van der Waals surface area contributed by atoms with Crippen LogP contribution in [0, 0.1) is 5.92 Å². The summed E-state index contributed by atoms with van der Waals surface area (Å²) in [5, 5.41) is 15.1. The van der Waals surface area contributed by atoms with Gasteiger partial charge in [-0.1, -0.05) is 11.8 Å². The molecule has 3 heterocycles. The van der Waals surface area contributed by atoms with E-state index >= 15 is 0 Å². The fourth-order valence-electron chi connectivity index (χ4n) is 3.46. The number of amides is 1. The molecule has 6 nitrogen and oxygen atoms in total. The van der Waals surface area contributed by atoms with Crippen molar-refractivity contribution in [1.82, 2.24) is 19.8 Å². The highest BCUT2D eigenvalue weighted by atomic mass is 32.2. The predicted molar refractivity (Wildman–Crippen MR) is 88.1 cm³/mol. The quantitative estimate of drug-likeness (QED) is 0.806. The minimum atomic E-state index is -1.25. The van der Waals surface area contributed by atoms with E-state index in [0.717, 1.165) is 42.7 Å². The van der Waals surface area contributed by atoms with E-state index in [1.54, 1.807) is 11.8 Å². The lowest BCUT2D eigenvalue weighted by Gasteiger charge is -2.38. The molecule has 1 aromatic heterocycles. The van der Waals surface area contributed by atoms with Gasteiger partial charge in [0.2, 0.25) is 0 Å². The molecule has 3 aliphatic rings. The van der Waals surface area contributed by atoms with Crippen molar-refractivity contribution in [3.63, 3.8) is 0 Å². The van der Waals surface area contributed by atoms with Gasteiger partial charge in [0.15, 0.2) is 10.8 Å². The Kier molecular flexibility index (Phi) is 4.11. The second-order valence-electron chi connectivity index (χ2n) is 6.99. The van der Waals surface area contributed by atoms with Crippen LogP contribution in [-0.4, -0.2) is 56.5 Å². The number of piperidine rings is 1. The van der Waals surface area contributed by atoms with Gasteiger partial charge >= 0.3 is 0 Å². The minimum absolute atomic E-state index is 0.0916. The van der Waals surface area contributed by atoms with E-state index in [1.807, 2.05) is 4.90 Å². The van der Waals surface area contributed by atoms with Crippen molar-refractivity contribution in [2.24, 2.45) is 5.92 Å². The molecule has 1 saturated heterocycles. The SMILES string of the molecule is O=C1N(CC2CC2)CCC[C@@]1(O)CNCc1cn2c(n1)SCC2. The molecule has 0 aromatic carbocycles. The Hall–Kier alpha value is -1.05. The summed E-state index contributed by atoms with van der Waals surface area (Å²) in [6.07, 6.45) is 5.95. The first-order valence-corrected chi connectivity index (χ1v) is 9.54. The van der Waals surface area contributed by atoms with Crippen LogP contribution in [0.1, 0.15) is 31.4 Å². The molecule has 4 rings (SSSR count). The molecule has 126 valence electrons. The average Bonchev–Trinajstić information content (AvgIpc) is 3.09. The summed E-state index contributed by atoms with van der Waals surface area (Å²) >= 11 is 1.78. The van der Waals surface area contributed by atoms with Gasteiger partial charge in [0.05, 0.1) is 5.69 Å². The molecule has 0 spiro atoms. The van der Waals surface area contributed by atoms with Crippen LogP contribution in [0.3, 0.4) is 0 Å². The van der Waals surface area contributed by atoms with Crippen LogP contribution in [0.4, 0.5) is 0 Å². The highest BCUT2D eigenvalue weighted by Gasteiger charge is 2.43. The number of imidazole rings is 1. The Morgan fingerprint density at radius 3 is 3.09 bits per heavy atom. The first-order valence-electron chi connectivity index (χ1n) is 8.55. The van der Waals surface area contributed by atoms with Crippen LogP contribution in [0.15, 0.2) is 11.4 Å². The van der Waals surface area contributed by atoms with E-state index in [4.69, 9.17) is 0 Å². The number of likely N-dealkylation sites (tertiary alicyclic amines) is 1. The number of nitrogens with one attached hydrogen (secondary N) is 1. The zero-order valence-electron chi connectivity index (χ0n) is 13.3. The van der Waals surface area contributed by atoms with Gasteiger partial charge in [0.1, 0.15) is 0 Å². The Bertz CT molecular complexity index is 579. The topological polar surface area (TPSA) is 70.4 Å². The Morgan fingerprint density at radius 1 is 1.43 bits per heavy atom. The van der Waals surface area contributed by atoms with Crippen molar-refractivity contribution >= 4 is 17.7 Å². The second kappa shape index (κ2) is 6.11. The number of hydrogen-bond acceptors (Lipinski definition) is 5. The first-order chi connectivity index (χ1) is 11.1. The zero-order valence-corrected chi connectivity index (χ0v) is 14.1. The second-order valence-corrected chi connectivity index (χ2v) is 8.05. The van der Waals surface area contributed by atoms with Gasteiger partial charge in [-0.2, -0.15) is 0 Å². The van der Waals surface area contributed by atoms with Gasteiger partial charge in [-0.3, -0.25) is 4.79 Å². The lowest BCUT2D eigenvalue weighted by molar-refractivity contribution is -0.156. The third-order valence-electron chi connectivity index (χ3n) is 4.96. The van der Waals surface area contributed by atoms with Gasteiger partial charge in [-0.15, -0.1) is 0 Å². The standard InChI is InChI=1S/C16H24N4O2S/c21-14-16(22,4-1-5-19(14)9-12-2-3-12)11-17-8-13-10-20-6-7-23-15(20)18-13/h10,12,17,22H,1-9,11H2/t16-/m1/s1. The number of fused-ring (bicyclic) bond motifs is 1. The lowest BCUT2D eigenvalue weighted by atomic mass is 9.91. The summed E-state index contributed by atoms with van der Waals surface area (Å²) in [6.45, 7) is 3.54. The number of hydrogen-bond donors (Lipinski definition) is 2. The smallest absolute Gasteiger partial charge is 0.255 e. The molecule has 23 heavy (non-hydrogen) atoms. The normalized spacial score (nSPS) is 27.5. The summed E-state index contributed by atoms with van der Waals surface area (Å²) in [7, 11) is 0. The number of thioether (sulfide) groups is 1. The zero-order chi connectivity index (χ0) is 15.9. The third-order valence-corrected chi connectivity index (χ3v) is 5.93. The van der Waals surface area contributed by atoms with E-state index in [9.17, 15) is 9.90 Å². The maximum Gasteiger partial charge on any atom is 0.255 e. The van der Waals surface area contributed by atoms with E-state index in [2.05, 4.69) is 21.1 Å². The molecule has 0 radical (unpaired) electrons. The molecule has 2 N–H and O–H groups in total. The summed E-state index contributed by atoms with van der Waals surface area (Å²) in [6, 6.07) is 0. The van der Waals surface area contributed by atoms with Crippen LogP contribution in [0.5, 0.6) is 0 Å². The van der Waals surface area contributed by atoms with Gasteiger partial charge in [0, 0.05) is 44.7 Å². The van der Waals surface area contributed by atoms with Crippen LogP contribution in [0.25, 0.3) is 0 Å². The fourth-order valence-corrected chi connectivity index (χ4v) is 4.42. The summed E-state index contributed by atoms with van der Waals surface area (Å²) in [4.78, 5) is 19.0. The van der Waals surface area contributed by atoms with Crippen molar-refractivity contribution in [1.29, 1.82) is 0 Å². The Balaban J connectivity index is 1.32. The van der Waals surface area contributed by atoms with E-state index in [-0.39, 0.29) is 5.91 Å². The molecule has 1 aromatic rings. The fraction of sp³-hybridized carbons (Fsp3) is 0.750.